The molecule has 1 N–H and O–H groups in total. The minimum Gasteiger partial charge on any atom is -0.493 e. The molecule has 10 heteroatoms. The number of hydrazone groups is 1. The van der Waals surface area contributed by atoms with Crippen molar-refractivity contribution in [2.24, 2.45) is 5.10 Å². The predicted molar refractivity (Wildman–Crippen MR) is 161 cm³/mol. The van der Waals surface area contributed by atoms with Crippen LogP contribution in [-0.4, -0.2) is 45.9 Å². The fraction of sp³-hybridized carbons (Fsp3) is 0.226. The Hall–Kier alpha value is -4.57. The maximum atomic E-state index is 13.6. The minimum absolute atomic E-state index is 0.0462. The first-order valence-corrected chi connectivity index (χ1v) is 14.4. The summed E-state index contributed by atoms with van der Waals surface area (Å²) in [6, 6.07) is 20.8. The first-order valence-electron chi connectivity index (χ1n) is 12.9. The first kappa shape index (κ1) is 29.4. The Balaban J connectivity index is 1.59. The molecule has 4 aromatic rings. The third-order valence-electron chi connectivity index (χ3n) is 6.89. The van der Waals surface area contributed by atoms with Gasteiger partial charge in [0.05, 0.1) is 31.0 Å². The SMILES string of the molecule is COc1ccc(N(CC(=O)N/N=C\c2cc(C)n(-c3ccc(C)c(C)c3)c2C)S(=O)(=O)c2ccccc2)cc1OC. The van der Waals surface area contributed by atoms with Gasteiger partial charge in [0.2, 0.25) is 0 Å². The van der Waals surface area contributed by atoms with Crippen molar-refractivity contribution in [3.05, 3.63) is 101 Å². The number of amides is 1. The smallest absolute Gasteiger partial charge is 0.264 e. The van der Waals surface area contributed by atoms with E-state index in [1.165, 1.54) is 43.5 Å². The number of aromatic nitrogens is 1. The molecule has 4 rings (SSSR count). The number of methoxy groups -OCH3 is 2. The molecule has 0 spiro atoms. The van der Waals surface area contributed by atoms with Crippen molar-refractivity contribution < 1.29 is 22.7 Å². The van der Waals surface area contributed by atoms with Gasteiger partial charge in [0.1, 0.15) is 6.54 Å². The van der Waals surface area contributed by atoms with Gasteiger partial charge in [-0.15, -0.1) is 0 Å². The Kier molecular flexibility index (Phi) is 8.83. The Morgan fingerprint density at radius 2 is 1.61 bits per heavy atom. The molecular formula is C31H34N4O5S. The van der Waals surface area contributed by atoms with Crippen molar-refractivity contribution in [1.29, 1.82) is 0 Å². The number of carbonyl (C=O) groups is 1. The number of aryl methyl sites for hydroxylation is 3. The Bertz CT molecular complexity index is 1700. The number of carbonyl (C=O) groups excluding carboxylic acids is 1. The number of ether oxygens (including phenoxy) is 2. The monoisotopic (exact) mass is 574 g/mol. The van der Waals surface area contributed by atoms with E-state index in [0.717, 1.165) is 26.9 Å². The lowest BCUT2D eigenvalue weighted by Gasteiger charge is -2.24. The van der Waals surface area contributed by atoms with Gasteiger partial charge in [0, 0.05) is 28.7 Å². The van der Waals surface area contributed by atoms with E-state index in [2.05, 4.69) is 47.1 Å². The van der Waals surface area contributed by atoms with Crippen LogP contribution in [0.4, 0.5) is 5.69 Å². The van der Waals surface area contributed by atoms with E-state index in [1.54, 1.807) is 36.5 Å². The first-order chi connectivity index (χ1) is 19.6. The number of hydrogen-bond acceptors (Lipinski definition) is 6. The molecule has 1 heterocycles. The lowest BCUT2D eigenvalue weighted by atomic mass is 10.1. The molecule has 0 radical (unpaired) electrons. The zero-order chi connectivity index (χ0) is 29.7. The normalized spacial score (nSPS) is 11.5. The van der Waals surface area contributed by atoms with Crippen LogP contribution < -0.4 is 19.2 Å². The molecule has 1 aromatic heterocycles. The number of benzene rings is 3. The standard InChI is InChI=1S/C31H34N4O5S/c1-21-12-13-27(16-22(21)2)35-23(3)17-25(24(35)4)19-32-33-31(36)20-34(41(37,38)28-10-8-7-9-11-28)26-14-15-29(39-5)30(18-26)40-6/h7-19H,20H2,1-6H3,(H,33,36)/b32-19-. The van der Waals surface area contributed by atoms with E-state index in [9.17, 15) is 13.2 Å². The Morgan fingerprint density at radius 3 is 2.27 bits per heavy atom. The number of anilines is 1. The fourth-order valence-electron chi connectivity index (χ4n) is 4.53. The summed E-state index contributed by atoms with van der Waals surface area (Å²) in [6.45, 7) is 7.64. The maximum Gasteiger partial charge on any atom is 0.264 e. The molecular weight excluding hydrogens is 540 g/mol. The van der Waals surface area contributed by atoms with Gasteiger partial charge in [0.15, 0.2) is 11.5 Å². The molecule has 0 saturated heterocycles. The number of nitrogens with one attached hydrogen (secondary N) is 1. The van der Waals surface area contributed by atoms with Crippen LogP contribution in [0.1, 0.15) is 28.1 Å². The van der Waals surface area contributed by atoms with Crippen LogP contribution in [-0.2, 0) is 14.8 Å². The molecule has 41 heavy (non-hydrogen) atoms. The molecule has 214 valence electrons. The van der Waals surface area contributed by atoms with Gasteiger partial charge >= 0.3 is 0 Å². The molecule has 1 amide bonds. The van der Waals surface area contributed by atoms with E-state index in [4.69, 9.17) is 9.47 Å². The third-order valence-corrected chi connectivity index (χ3v) is 8.67. The summed E-state index contributed by atoms with van der Waals surface area (Å²) >= 11 is 0. The topological polar surface area (TPSA) is 102 Å². The fourth-order valence-corrected chi connectivity index (χ4v) is 5.97. The molecule has 0 unspecified atom stereocenters. The number of sulfonamides is 1. The molecule has 0 fully saturated rings. The molecule has 0 bridgehead atoms. The highest BCUT2D eigenvalue weighted by atomic mass is 32.2. The van der Waals surface area contributed by atoms with Gasteiger partial charge in [0.25, 0.3) is 15.9 Å². The van der Waals surface area contributed by atoms with Crippen molar-refractivity contribution in [2.45, 2.75) is 32.6 Å². The second-order valence-corrected chi connectivity index (χ2v) is 11.4. The second-order valence-electron chi connectivity index (χ2n) is 9.59. The van der Waals surface area contributed by atoms with E-state index in [-0.39, 0.29) is 10.6 Å². The summed E-state index contributed by atoms with van der Waals surface area (Å²) in [4.78, 5) is 13.1. The molecule has 3 aromatic carbocycles. The highest BCUT2D eigenvalue weighted by Crippen LogP contribution is 2.33. The van der Waals surface area contributed by atoms with Crippen molar-refractivity contribution in [2.75, 3.05) is 25.1 Å². The van der Waals surface area contributed by atoms with Gasteiger partial charge in [-0.05, 0) is 81.3 Å². The highest BCUT2D eigenvalue weighted by Gasteiger charge is 2.28. The van der Waals surface area contributed by atoms with Crippen molar-refractivity contribution >= 4 is 27.8 Å². The lowest BCUT2D eigenvalue weighted by Crippen LogP contribution is -2.39. The lowest BCUT2D eigenvalue weighted by molar-refractivity contribution is -0.119. The summed E-state index contributed by atoms with van der Waals surface area (Å²) in [5.74, 6) is 0.148. The Labute approximate surface area is 241 Å². The average Bonchev–Trinajstić information content (AvgIpc) is 3.25. The van der Waals surface area contributed by atoms with Crippen LogP contribution in [0.3, 0.4) is 0 Å². The van der Waals surface area contributed by atoms with Crippen LogP contribution in [0.5, 0.6) is 11.5 Å². The summed E-state index contributed by atoms with van der Waals surface area (Å²) in [5, 5.41) is 4.14. The van der Waals surface area contributed by atoms with Gasteiger partial charge in [-0.25, -0.2) is 13.8 Å². The van der Waals surface area contributed by atoms with Crippen LogP contribution in [0, 0.1) is 27.7 Å². The third kappa shape index (κ3) is 6.28. The van der Waals surface area contributed by atoms with E-state index >= 15 is 0 Å². The van der Waals surface area contributed by atoms with Crippen LogP contribution >= 0.6 is 0 Å². The number of rotatable bonds is 10. The molecule has 9 nitrogen and oxygen atoms in total. The quantitative estimate of drug-likeness (QED) is 0.210. The van der Waals surface area contributed by atoms with E-state index in [1.807, 2.05) is 19.9 Å². The Morgan fingerprint density at radius 1 is 0.902 bits per heavy atom. The maximum absolute atomic E-state index is 13.6. The molecule has 0 aliphatic carbocycles. The van der Waals surface area contributed by atoms with Crippen LogP contribution in [0.15, 0.2) is 82.8 Å². The number of hydrogen-bond donors (Lipinski definition) is 1. The van der Waals surface area contributed by atoms with Gasteiger partial charge in [-0.3, -0.25) is 9.10 Å². The molecule has 0 aliphatic rings. The number of nitrogens with zero attached hydrogens (tertiary/aromatic N) is 3. The van der Waals surface area contributed by atoms with Gasteiger partial charge in [-0.1, -0.05) is 24.3 Å². The summed E-state index contributed by atoms with van der Waals surface area (Å²) in [5.41, 5.74) is 8.99. The summed E-state index contributed by atoms with van der Waals surface area (Å²) in [6.07, 6.45) is 1.56. The average molecular weight is 575 g/mol. The summed E-state index contributed by atoms with van der Waals surface area (Å²) in [7, 11) is -1.16. The van der Waals surface area contributed by atoms with Gasteiger partial charge < -0.3 is 14.0 Å². The van der Waals surface area contributed by atoms with Crippen LogP contribution in [0.2, 0.25) is 0 Å². The van der Waals surface area contributed by atoms with Crippen LogP contribution in [0.25, 0.3) is 5.69 Å². The molecule has 0 atom stereocenters. The van der Waals surface area contributed by atoms with Gasteiger partial charge in [-0.2, -0.15) is 5.10 Å². The van der Waals surface area contributed by atoms with E-state index in [0.29, 0.717) is 11.5 Å². The van der Waals surface area contributed by atoms with Crippen molar-refractivity contribution in [3.63, 3.8) is 0 Å². The highest BCUT2D eigenvalue weighted by molar-refractivity contribution is 7.92. The molecule has 0 saturated carbocycles. The minimum atomic E-state index is -4.10. The zero-order valence-electron chi connectivity index (χ0n) is 24.0. The predicted octanol–water partition coefficient (Wildman–Crippen LogP) is 5.07. The zero-order valence-corrected chi connectivity index (χ0v) is 24.8. The van der Waals surface area contributed by atoms with Crippen molar-refractivity contribution in [3.8, 4) is 17.2 Å². The largest absolute Gasteiger partial charge is 0.493 e. The molecule has 0 aliphatic heterocycles. The second kappa shape index (κ2) is 12.3. The summed E-state index contributed by atoms with van der Waals surface area (Å²) < 4.78 is 41.0. The van der Waals surface area contributed by atoms with E-state index < -0.39 is 22.5 Å². The van der Waals surface area contributed by atoms with Crippen molar-refractivity contribution in [1.82, 2.24) is 9.99 Å².